The van der Waals surface area contributed by atoms with Gasteiger partial charge in [0.15, 0.2) is 0 Å². The van der Waals surface area contributed by atoms with Gasteiger partial charge in [-0.3, -0.25) is 0 Å². The van der Waals surface area contributed by atoms with Crippen molar-refractivity contribution >= 4 is 11.6 Å². The van der Waals surface area contributed by atoms with Crippen LogP contribution in [0.5, 0.6) is 0 Å². The van der Waals surface area contributed by atoms with Crippen molar-refractivity contribution in [3.63, 3.8) is 0 Å². The Morgan fingerprint density at radius 2 is 2.16 bits per heavy atom. The van der Waals surface area contributed by atoms with E-state index in [2.05, 4.69) is 12.2 Å². The average Bonchev–Trinajstić information content (AvgIpc) is 2.39. The molecule has 0 fully saturated rings. The van der Waals surface area contributed by atoms with Gasteiger partial charge in [-0.2, -0.15) is 0 Å². The lowest BCUT2D eigenvalue weighted by Gasteiger charge is -2.19. The van der Waals surface area contributed by atoms with Gasteiger partial charge >= 0.3 is 0 Å². The summed E-state index contributed by atoms with van der Waals surface area (Å²) >= 11 is 5.79. The summed E-state index contributed by atoms with van der Waals surface area (Å²) in [6.07, 6.45) is 2.80. The largest absolute Gasteiger partial charge is 0.382 e. The lowest BCUT2D eigenvalue weighted by Crippen LogP contribution is -2.23. The van der Waals surface area contributed by atoms with E-state index in [0.717, 1.165) is 39.0 Å². The van der Waals surface area contributed by atoms with E-state index in [1.54, 1.807) is 12.1 Å². The first kappa shape index (κ1) is 16.4. The Balaban J connectivity index is 2.66. The summed E-state index contributed by atoms with van der Waals surface area (Å²) in [4.78, 5) is 0. The minimum absolute atomic E-state index is 0.0256. The molecule has 0 saturated carbocycles. The summed E-state index contributed by atoms with van der Waals surface area (Å²) in [6, 6.07) is 4.91. The molecule has 4 heteroatoms. The second kappa shape index (κ2) is 9.29. The number of halogens is 2. The molecule has 0 heterocycles. The van der Waals surface area contributed by atoms with Crippen molar-refractivity contribution in [2.75, 3.05) is 19.8 Å². The van der Waals surface area contributed by atoms with Crippen LogP contribution in [0.15, 0.2) is 18.2 Å². The van der Waals surface area contributed by atoms with Gasteiger partial charge in [0.05, 0.1) is 0 Å². The molecule has 0 spiro atoms. The maximum absolute atomic E-state index is 13.9. The van der Waals surface area contributed by atoms with E-state index in [1.165, 1.54) is 6.07 Å². The quantitative estimate of drug-likeness (QED) is 0.682. The van der Waals surface area contributed by atoms with Crippen LogP contribution in [-0.2, 0) is 4.74 Å². The Morgan fingerprint density at radius 1 is 1.37 bits per heavy atom. The Kier molecular flexibility index (Phi) is 8.03. The van der Waals surface area contributed by atoms with E-state index in [-0.39, 0.29) is 11.9 Å². The van der Waals surface area contributed by atoms with Gasteiger partial charge < -0.3 is 10.1 Å². The van der Waals surface area contributed by atoms with Gasteiger partial charge in [0.1, 0.15) is 5.82 Å². The molecule has 2 nitrogen and oxygen atoms in total. The topological polar surface area (TPSA) is 21.3 Å². The van der Waals surface area contributed by atoms with Crippen LogP contribution in [0.2, 0.25) is 5.02 Å². The molecule has 0 aliphatic rings. The summed E-state index contributed by atoms with van der Waals surface area (Å²) in [5.41, 5.74) is 0.689. The molecule has 0 radical (unpaired) electrons. The monoisotopic (exact) mass is 287 g/mol. The molecule has 1 unspecified atom stereocenters. The van der Waals surface area contributed by atoms with Gasteiger partial charge in [-0.15, -0.1) is 0 Å². The lowest BCUT2D eigenvalue weighted by molar-refractivity contribution is 0.140. The van der Waals surface area contributed by atoms with Gasteiger partial charge in [-0.05, 0) is 44.9 Å². The van der Waals surface area contributed by atoms with Crippen molar-refractivity contribution < 1.29 is 9.13 Å². The molecule has 0 bridgehead atoms. The number of hydrogen-bond donors (Lipinski definition) is 1. The molecule has 19 heavy (non-hydrogen) atoms. The Hall–Kier alpha value is -0.640. The van der Waals surface area contributed by atoms with Crippen molar-refractivity contribution in [3.8, 4) is 0 Å². The zero-order valence-electron chi connectivity index (χ0n) is 11.7. The number of ether oxygens (including phenoxy) is 1. The van der Waals surface area contributed by atoms with Crippen LogP contribution >= 0.6 is 11.6 Å². The van der Waals surface area contributed by atoms with Gasteiger partial charge in [-0.1, -0.05) is 24.6 Å². The minimum Gasteiger partial charge on any atom is -0.382 e. The van der Waals surface area contributed by atoms with Crippen molar-refractivity contribution in [2.24, 2.45) is 0 Å². The minimum atomic E-state index is -0.238. The highest BCUT2D eigenvalue weighted by Gasteiger charge is 2.15. The van der Waals surface area contributed by atoms with E-state index in [9.17, 15) is 4.39 Å². The molecule has 1 aromatic rings. The van der Waals surface area contributed by atoms with E-state index in [0.29, 0.717) is 10.6 Å². The fourth-order valence-corrected chi connectivity index (χ4v) is 2.16. The van der Waals surface area contributed by atoms with Crippen molar-refractivity contribution in [1.82, 2.24) is 5.32 Å². The smallest absolute Gasteiger partial charge is 0.129 e. The highest BCUT2D eigenvalue weighted by atomic mass is 35.5. The molecule has 0 amide bonds. The third kappa shape index (κ3) is 5.89. The first-order valence-corrected chi connectivity index (χ1v) is 7.32. The van der Waals surface area contributed by atoms with Crippen LogP contribution in [0, 0.1) is 5.82 Å². The zero-order valence-corrected chi connectivity index (χ0v) is 12.5. The fourth-order valence-electron chi connectivity index (χ4n) is 2.00. The number of hydrogen-bond acceptors (Lipinski definition) is 2. The molecule has 1 N–H and O–H groups in total. The van der Waals surface area contributed by atoms with Gasteiger partial charge in [0, 0.05) is 29.8 Å². The SMILES string of the molecule is CCCNC(CCCOCC)c1ccc(Cl)cc1F. The Bertz CT molecular complexity index is 373. The van der Waals surface area contributed by atoms with Gasteiger partial charge in [-0.25, -0.2) is 4.39 Å². The number of nitrogens with one attached hydrogen (secondary N) is 1. The first-order chi connectivity index (χ1) is 9.19. The van der Waals surface area contributed by atoms with Gasteiger partial charge in [0.25, 0.3) is 0 Å². The third-order valence-corrected chi connectivity index (χ3v) is 3.20. The molecule has 0 saturated heterocycles. The van der Waals surface area contributed by atoms with Crippen LogP contribution in [0.3, 0.4) is 0 Å². The number of rotatable bonds is 9. The zero-order chi connectivity index (χ0) is 14.1. The first-order valence-electron chi connectivity index (χ1n) is 6.95. The second-order valence-corrected chi connectivity index (χ2v) is 4.95. The highest BCUT2D eigenvalue weighted by molar-refractivity contribution is 6.30. The predicted molar refractivity (Wildman–Crippen MR) is 78.2 cm³/mol. The van der Waals surface area contributed by atoms with Crippen LogP contribution in [0.25, 0.3) is 0 Å². The van der Waals surface area contributed by atoms with Crippen molar-refractivity contribution in [2.45, 2.75) is 39.2 Å². The summed E-state index contributed by atoms with van der Waals surface area (Å²) in [5.74, 6) is -0.238. The van der Waals surface area contributed by atoms with E-state index in [4.69, 9.17) is 16.3 Å². The molecule has 0 aromatic heterocycles. The van der Waals surface area contributed by atoms with Gasteiger partial charge in [0.2, 0.25) is 0 Å². The maximum atomic E-state index is 13.9. The lowest BCUT2D eigenvalue weighted by atomic mass is 10.0. The molecule has 0 aliphatic heterocycles. The molecule has 1 rings (SSSR count). The summed E-state index contributed by atoms with van der Waals surface area (Å²) in [7, 11) is 0. The van der Waals surface area contributed by atoms with Crippen LogP contribution in [0.1, 0.15) is 44.7 Å². The molecule has 108 valence electrons. The average molecular weight is 288 g/mol. The molecule has 1 aromatic carbocycles. The van der Waals surface area contributed by atoms with E-state index < -0.39 is 0 Å². The highest BCUT2D eigenvalue weighted by Crippen LogP contribution is 2.24. The van der Waals surface area contributed by atoms with Crippen molar-refractivity contribution in [3.05, 3.63) is 34.6 Å². The molecule has 1 atom stereocenters. The van der Waals surface area contributed by atoms with Crippen molar-refractivity contribution in [1.29, 1.82) is 0 Å². The Labute approximate surface area is 120 Å². The van der Waals surface area contributed by atoms with E-state index in [1.807, 2.05) is 6.92 Å². The summed E-state index contributed by atoms with van der Waals surface area (Å²) < 4.78 is 19.3. The molecular formula is C15H23ClFNO. The number of benzene rings is 1. The van der Waals surface area contributed by atoms with Crippen LogP contribution in [-0.4, -0.2) is 19.8 Å². The predicted octanol–water partition coefficient (Wildman–Crippen LogP) is 4.34. The molecular weight excluding hydrogens is 265 g/mol. The Morgan fingerprint density at radius 3 is 2.79 bits per heavy atom. The van der Waals surface area contributed by atoms with Crippen LogP contribution < -0.4 is 5.32 Å². The van der Waals surface area contributed by atoms with Crippen LogP contribution in [0.4, 0.5) is 4.39 Å². The fraction of sp³-hybridized carbons (Fsp3) is 0.600. The third-order valence-electron chi connectivity index (χ3n) is 2.96. The normalized spacial score (nSPS) is 12.6. The maximum Gasteiger partial charge on any atom is 0.129 e. The van der Waals surface area contributed by atoms with E-state index >= 15 is 0 Å². The second-order valence-electron chi connectivity index (χ2n) is 4.51. The summed E-state index contributed by atoms with van der Waals surface area (Å²) in [6.45, 7) is 6.40. The molecule has 0 aliphatic carbocycles. The standard InChI is InChI=1S/C15H23ClFNO/c1-3-9-18-15(6-5-10-19-4-2)13-8-7-12(16)11-14(13)17/h7-8,11,15,18H,3-6,9-10H2,1-2H3. The summed E-state index contributed by atoms with van der Waals surface area (Å²) in [5, 5.41) is 3.82.